The van der Waals surface area contributed by atoms with Gasteiger partial charge in [0.25, 0.3) is 0 Å². The molecule has 0 amide bonds. The molecule has 1 aromatic rings. The maximum Gasteiger partial charge on any atom is 0.133 e. The molecule has 1 unspecified atom stereocenters. The molecule has 2 heterocycles. The van der Waals surface area contributed by atoms with Crippen molar-refractivity contribution in [2.75, 3.05) is 43.9 Å². The van der Waals surface area contributed by atoms with Gasteiger partial charge in [-0.05, 0) is 20.0 Å². The van der Waals surface area contributed by atoms with Crippen LogP contribution in [-0.2, 0) is 0 Å². The van der Waals surface area contributed by atoms with Gasteiger partial charge in [0.05, 0.1) is 12.5 Å². The number of nitrogens with one attached hydrogen (secondary N) is 1. The Morgan fingerprint density at radius 1 is 1.58 bits per heavy atom. The second-order valence-electron chi connectivity index (χ2n) is 4.98. The lowest BCUT2D eigenvalue weighted by molar-refractivity contribution is 0.414. The Hall–Kier alpha value is -1.87. The van der Waals surface area contributed by atoms with E-state index in [2.05, 4.69) is 33.3 Å². The number of hydrogen-bond acceptors (Lipinski definition) is 6. The van der Waals surface area contributed by atoms with E-state index in [1.807, 2.05) is 18.0 Å². The van der Waals surface area contributed by atoms with Crippen LogP contribution in [0.4, 0.5) is 11.6 Å². The van der Waals surface area contributed by atoms with Gasteiger partial charge in [0.15, 0.2) is 0 Å². The van der Waals surface area contributed by atoms with Crippen LogP contribution in [0.15, 0.2) is 12.4 Å². The van der Waals surface area contributed by atoms with Crippen molar-refractivity contribution in [3.63, 3.8) is 0 Å². The summed E-state index contributed by atoms with van der Waals surface area (Å²) in [5.74, 6) is 1.70. The molecule has 1 fully saturated rings. The summed E-state index contributed by atoms with van der Waals surface area (Å²) in [6.45, 7) is 2.85. The van der Waals surface area contributed by atoms with E-state index >= 15 is 0 Å². The maximum atomic E-state index is 8.60. The number of aromatic nitrogens is 2. The fourth-order valence-corrected chi connectivity index (χ4v) is 2.23. The highest BCUT2D eigenvalue weighted by Gasteiger charge is 2.19. The van der Waals surface area contributed by atoms with Crippen molar-refractivity contribution in [3.8, 4) is 6.07 Å². The van der Waals surface area contributed by atoms with E-state index in [0.29, 0.717) is 19.0 Å². The number of nitrogens with zero attached hydrogens (tertiary/aromatic N) is 5. The largest absolute Gasteiger partial charge is 0.366 e. The molecule has 0 bridgehead atoms. The van der Waals surface area contributed by atoms with Crippen molar-refractivity contribution in [2.24, 2.45) is 0 Å². The standard InChI is InChI=1S/C13H20N6/c1-18-7-4-11(9-18)17-12-8-13(16-10-15-12)19(2)6-3-5-14/h8,10-11H,3-4,6-7,9H2,1-2H3,(H,15,16,17). The van der Waals surface area contributed by atoms with E-state index in [0.717, 1.165) is 31.1 Å². The van der Waals surface area contributed by atoms with Crippen molar-refractivity contribution in [1.29, 1.82) is 5.26 Å². The van der Waals surface area contributed by atoms with Crippen LogP contribution < -0.4 is 10.2 Å². The summed E-state index contributed by atoms with van der Waals surface area (Å²) in [7, 11) is 4.07. The van der Waals surface area contributed by atoms with Crippen LogP contribution in [0.2, 0.25) is 0 Å². The predicted molar refractivity (Wildman–Crippen MR) is 75.1 cm³/mol. The first kappa shape index (κ1) is 13.6. The molecule has 0 aromatic carbocycles. The average molecular weight is 260 g/mol. The molecule has 1 atom stereocenters. The van der Waals surface area contributed by atoms with Crippen LogP contribution in [0, 0.1) is 11.3 Å². The lowest BCUT2D eigenvalue weighted by Crippen LogP contribution is -2.24. The third kappa shape index (κ3) is 3.80. The summed E-state index contributed by atoms with van der Waals surface area (Å²) < 4.78 is 0. The van der Waals surface area contributed by atoms with Gasteiger partial charge in [0.1, 0.15) is 18.0 Å². The molecule has 102 valence electrons. The topological polar surface area (TPSA) is 68.1 Å². The number of anilines is 2. The number of likely N-dealkylation sites (N-methyl/N-ethyl adjacent to an activating group) is 1. The Morgan fingerprint density at radius 2 is 2.42 bits per heavy atom. The van der Waals surface area contributed by atoms with Gasteiger partial charge in [-0.25, -0.2) is 9.97 Å². The smallest absolute Gasteiger partial charge is 0.133 e. The Morgan fingerprint density at radius 3 is 3.11 bits per heavy atom. The van der Waals surface area contributed by atoms with Crippen LogP contribution in [-0.4, -0.2) is 54.6 Å². The molecule has 6 nitrogen and oxygen atoms in total. The first-order valence-corrected chi connectivity index (χ1v) is 6.54. The third-order valence-electron chi connectivity index (χ3n) is 3.35. The van der Waals surface area contributed by atoms with Crippen molar-refractivity contribution in [1.82, 2.24) is 14.9 Å². The van der Waals surface area contributed by atoms with Crippen LogP contribution in [0.25, 0.3) is 0 Å². The van der Waals surface area contributed by atoms with Gasteiger partial charge in [-0.3, -0.25) is 0 Å². The highest BCUT2D eigenvalue weighted by atomic mass is 15.2. The van der Waals surface area contributed by atoms with Crippen LogP contribution >= 0.6 is 0 Å². The molecule has 1 saturated heterocycles. The molecule has 6 heteroatoms. The normalized spacial score (nSPS) is 19.1. The average Bonchev–Trinajstić information content (AvgIpc) is 2.81. The molecule has 1 aromatic heterocycles. The Balaban J connectivity index is 1.97. The van der Waals surface area contributed by atoms with Crippen molar-refractivity contribution in [3.05, 3.63) is 12.4 Å². The van der Waals surface area contributed by atoms with E-state index in [1.54, 1.807) is 6.33 Å². The lowest BCUT2D eigenvalue weighted by atomic mass is 10.2. The zero-order valence-electron chi connectivity index (χ0n) is 11.5. The molecule has 0 spiro atoms. The predicted octanol–water partition coefficient (Wildman–Crippen LogP) is 0.942. The Labute approximate surface area is 114 Å². The Kier molecular flexibility index (Phi) is 4.53. The molecular formula is C13H20N6. The summed E-state index contributed by atoms with van der Waals surface area (Å²) in [5, 5.41) is 12.0. The zero-order valence-corrected chi connectivity index (χ0v) is 11.5. The minimum atomic E-state index is 0.456. The Bertz CT molecular complexity index is 455. The maximum absolute atomic E-state index is 8.60. The number of hydrogen-bond donors (Lipinski definition) is 1. The fraction of sp³-hybridized carbons (Fsp3) is 0.615. The third-order valence-corrected chi connectivity index (χ3v) is 3.35. The number of rotatable bonds is 5. The van der Waals surface area contributed by atoms with Gasteiger partial charge in [0, 0.05) is 32.2 Å². The molecule has 1 N–H and O–H groups in total. The van der Waals surface area contributed by atoms with E-state index < -0.39 is 0 Å². The van der Waals surface area contributed by atoms with Gasteiger partial charge in [-0.1, -0.05) is 0 Å². The molecule has 0 aliphatic carbocycles. The van der Waals surface area contributed by atoms with E-state index in [1.165, 1.54) is 0 Å². The highest BCUT2D eigenvalue weighted by molar-refractivity contribution is 5.48. The van der Waals surface area contributed by atoms with Crippen molar-refractivity contribution < 1.29 is 0 Å². The number of likely N-dealkylation sites (tertiary alicyclic amines) is 1. The zero-order chi connectivity index (χ0) is 13.7. The van der Waals surface area contributed by atoms with E-state index in [-0.39, 0.29) is 0 Å². The van der Waals surface area contributed by atoms with Gasteiger partial charge in [-0.15, -0.1) is 0 Å². The molecule has 1 aliphatic rings. The summed E-state index contributed by atoms with van der Waals surface area (Å²) in [6, 6.07) is 4.54. The van der Waals surface area contributed by atoms with Crippen LogP contribution in [0.1, 0.15) is 12.8 Å². The summed E-state index contributed by atoms with van der Waals surface area (Å²) in [5.41, 5.74) is 0. The first-order chi connectivity index (χ1) is 9.19. The summed E-state index contributed by atoms with van der Waals surface area (Å²) in [4.78, 5) is 12.8. The van der Waals surface area contributed by atoms with Crippen LogP contribution in [0.3, 0.4) is 0 Å². The highest BCUT2D eigenvalue weighted by Crippen LogP contribution is 2.16. The van der Waals surface area contributed by atoms with E-state index in [9.17, 15) is 0 Å². The molecule has 1 aliphatic heterocycles. The molecule has 2 rings (SSSR count). The summed E-state index contributed by atoms with van der Waals surface area (Å²) >= 11 is 0. The lowest BCUT2D eigenvalue weighted by Gasteiger charge is -2.18. The van der Waals surface area contributed by atoms with Gasteiger partial charge >= 0.3 is 0 Å². The van der Waals surface area contributed by atoms with Crippen LogP contribution in [0.5, 0.6) is 0 Å². The SMILES string of the molecule is CN1CCC(Nc2cc(N(C)CCC#N)ncn2)C1. The van der Waals surface area contributed by atoms with E-state index in [4.69, 9.17) is 5.26 Å². The van der Waals surface area contributed by atoms with Crippen molar-refractivity contribution >= 4 is 11.6 Å². The van der Waals surface area contributed by atoms with Crippen molar-refractivity contribution in [2.45, 2.75) is 18.9 Å². The molecule has 0 radical (unpaired) electrons. The quantitative estimate of drug-likeness (QED) is 0.850. The second-order valence-corrected chi connectivity index (χ2v) is 4.98. The molecule has 19 heavy (non-hydrogen) atoms. The van der Waals surface area contributed by atoms with Gasteiger partial charge in [0.2, 0.25) is 0 Å². The van der Waals surface area contributed by atoms with Gasteiger partial charge < -0.3 is 15.1 Å². The number of nitriles is 1. The van der Waals surface area contributed by atoms with Gasteiger partial charge in [-0.2, -0.15) is 5.26 Å². The minimum Gasteiger partial charge on any atom is -0.366 e. The first-order valence-electron chi connectivity index (χ1n) is 6.54. The minimum absolute atomic E-state index is 0.456. The second kappa shape index (κ2) is 6.34. The molecule has 0 saturated carbocycles. The molecular weight excluding hydrogens is 240 g/mol. The monoisotopic (exact) mass is 260 g/mol. The fourth-order valence-electron chi connectivity index (χ4n) is 2.23. The summed E-state index contributed by atoms with van der Waals surface area (Å²) in [6.07, 6.45) is 3.20.